The topological polar surface area (TPSA) is 84.1 Å². The summed E-state index contributed by atoms with van der Waals surface area (Å²) >= 11 is 0. The van der Waals surface area contributed by atoms with Gasteiger partial charge in [-0.2, -0.15) is 0 Å². The summed E-state index contributed by atoms with van der Waals surface area (Å²) in [6, 6.07) is 12.8. The van der Waals surface area contributed by atoms with Gasteiger partial charge < -0.3 is 29.0 Å². The number of hydrogen-bond acceptors (Lipinski definition) is 5. The van der Waals surface area contributed by atoms with Gasteiger partial charge in [-0.25, -0.2) is 0 Å². The zero-order valence-electron chi connectivity index (χ0n) is 21.2. The van der Waals surface area contributed by atoms with Crippen LogP contribution >= 0.6 is 0 Å². The van der Waals surface area contributed by atoms with E-state index in [0.717, 1.165) is 27.7 Å². The van der Waals surface area contributed by atoms with E-state index in [9.17, 15) is 9.59 Å². The normalized spacial score (nSPS) is 19.6. The molecule has 2 atom stereocenters. The molecular formula is C28H33N3O5. The van der Waals surface area contributed by atoms with Crippen molar-refractivity contribution in [2.75, 3.05) is 33.9 Å². The van der Waals surface area contributed by atoms with Crippen LogP contribution in [0.4, 0.5) is 0 Å². The third-order valence-corrected chi connectivity index (χ3v) is 7.09. The molecule has 0 bridgehead atoms. The quantitative estimate of drug-likeness (QED) is 0.486. The fourth-order valence-electron chi connectivity index (χ4n) is 5.46. The first-order chi connectivity index (χ1) is 17.4. The lowest BCUT2D eigenvalue weighted by molar-refractivity contribution is -0.158. The Hall–Kier alpha value is -3.52. The maximum absolute atomic E-state index is 13.7. The van der Waals surface area contributed by atoms with Gasteiger partial charge in [-0.05, 0) is 49.6 Å². The summed E-state index contributed by atoms with van der Waals surface area (Å²) in [6.45, 7) is 5.11. The molecule has 2 aromatic carbocycles. The first-order valence-corrected chi connectivity index (χ1v) is 12.5. The SMILES string of the molecule is COc1ccc([C@H]2c3[nH]c4ccccc4c3C[C@H]3C(=O)N(CCCOC(C)C)CC(=O)N23)cc1OC. The number of ether oxygens (including phenoxy) is 3. The van der Waals surface area contributed by atoms with Crippen molar-refractivity contribution < 1.29 is 23.8 Å². The maximum Gasteiger partial charge on any atom is 0.246 e. The summed E-state index contributed by atoms with van der Waals surface area (Å²) in [4.78, 5) is 34.4. The molecule has 5 rings (SSSR count). The number of aromatic nitrogens is 1. The molecule has 1 saturated heterocycles. The van der Waals surface area contributed by atoms with Gasteiger partial charge in [0.1, 0.15) is 6.04 Å². The number of rotatable bonds is 8. The molecule has 36 heavy (non-hydrogen) atoms. The summed E-state index contributed by atoms with van der Waals surface area (Å²) in [5.41, 5.74) is 3.89. The Labute approximate surface area is 211 Å². The Balaban J connectivity index is 1.55. The third kappa shape index (κ3) is 4.19. The van der Waals surface area contributed by atoms with Crippen LogP contribution in [0.5, 0.6) is 11.5 Å². The average molecular weight is 492 g/mol. The number of hydrogen-bond donors (Lipinski definition) is 1. The van der Waals surface area contributed by atoms with Gasteiger partial charge in [0, 0.05) is 36.2 Å². The highest BCUT2D eigenvalue weighted by molar-refractivity contribution is 5.97. The lowest BCUT2D eigenvalue weighted by Gasteiger charge is -2.47. The number of benzene rings is 2. The molecule has 2 aliphatic rings. The molecule has 0 aliphatic carbocycles. The minimum absolute atomic E-state index is 0.0134. The molecule has 1 N–H and O–H groups in total. The zero-order valence-corrected chi connectivity index (χ0v) is 21.2. The summed E-state index contributed by atoms with van der Waals surface area (Å²) in [5.74, 6) is 1.12. The average Bonchev–Trinajstić information content (AvgIpc) is 3.26. The lowest BCUT2D eigenvalue weighted by Crippen LogP contribution is -2.63. The second-order valence-corrected chi connectivity index (χ2v) is 9.63. The summed E-state index contributed by atoms with van der Waals surface area (Å²) in [6.07, 6.45) is 1.31. The van der Waals surface area contributed by atoms with Crippen LogP contribution in [-0.2, 0) is 20.7 Å². The predicted octanol–water partition coefficient (Wildman–Crippen LogP) is 3.69. The van der Waals surface area contributed by atoms with Crippen molar-refractivity contribution in [3.63, 3.8) is 0 Å². The van der Waals surface area contributed by atoms with Gasteiger partial charge in [-0.15, -0.1) is 0 Å². The first-order valence-electron chi connectivity index (χ1n) is 12.5. The number of nitrogens with one attached hydrogen (secondary N) is 1. The molecule has 0 saturated carbocycles. The molecule has 3 aromatic rings. The maximum atomic E-state index is 13.7. The van der Waals surface area contributed by atoms with Crippen LogP contribution in [0, 0.1) is 0 Å². The van der Waals surface area contributed by atoms with E-state index in [-0.39, 0.29) is 24.5 Å². The number of carbonyl (C=O) groups excluding carboxylic acids is 2. The molecule has 8 nitrogen and oxygen atoms in total. The van der Waals surface area contributed by atoms with Gasteiger partial charge in [0.2, 0.25) is 11.8 Å². The van der Waals surface area contributed by atoms with Crippen molar-refractivity contribution >= 4 is 22.7 Å². The molecule has 1 fully saturated rings. The number of nitrogens with zero attached hydrogens (tertiary/aromatic N) is 2. The van der Waals surface area contributed by atoms with Crippen molar-refractivity contribution in [3.05, 3.63) is 59.3 Å². The second-order valence-electron chi connectivity index (χ2n) is 9.63. The number of para-hydroxylation sites is 1. The highest BCUT2D eigenvalue weighted by Crippen LogP contribution is 2.44. The van der Waals surface area contributed by atoms with E-state index in [1.807, 2.05) is 50.2 Å². The number of carbonyl (C=O) groups is 2. The molecule has 3 heterocycles. The molecular weight excluding hydrogens is 458 g/mol. The molecule has 0 spiro atoms. The molecule has 0 radical (unpaired) electrons. The Kier molecular flexibility index (Phi) is 6.62. The van der Waals surface area contributed by atoms with Crippen molar-refractivity contribution in [1.82, 2.24) is 14.8 Å². The van der Waals surface area contributed by atoms with Crippen LogP contribution in [0.2, 0.25) is 0 Å². The number of piperazine rings is 1. The van der Waals surface area contributed by atoms with E-state index in [4.69, 9.17) is 14.2 Å². The van der Waals surface area contributed by atoms with Gasteiger partial charge in [0.25, 0.3) is 0 Å². The molecule has 0 unspecified atom stereocenters. The van der Waals surface area contributed by atoms with E-state index in [0.29, 0.717) is 37.5 Å². The van der Waals surface area contributed by atoms with Crippen LogP contribution in [-0.4, -0.2) is 72.7 Å². The summed E-state index contributed by atoms with van der Waals surface area (Å²) < 4.78 is 16.6. The Bertz CT molecular complexity index is 1280. The number of amides is 2. The summed E-state index contributed by atoms with van der Waals surface area (Å²) in [5, 5.41) is 1.08. The smallest absolute Gasteiger partial charge is 0.246 e. The Morgan fingerprint density at radius 1 is 1.06 bits per heavy atom. The highest BCUT2D eigenvalue weighted by Gasteiger charge is 2.48. The second kappa shape index (κ2) is 9.85. The molecule has 2 aliphatic heterocycles. The number of methoxy groups -OCH3 is 2. The number of aromatic amines is 1. The van der Waals surface area contributed by atoms with Crippen molar-refractivity contribution in [2.24, 2.45) is 0 Å². The van der Waals surface area contributed by atoms with Gasteiger partial charge >= 0.3 is 0 Å². The highest BCUT2D eigenvalue weighted by atomic mass is 16.5. The van der Waals surface area contributed by atoms with Crippen LogP contribution in [0.1, 0.15) is 43.1 Å². The molecule has 1 aromatic heterocycles. The monoisotopic (exact) mass is 491 g/mol. The van der Waals surface area contributed by atoms with E-state index in [1.165, 1.54) is 0 Å². The van der Waals surface area contributed by atoms with E-state index in [1.54, 1.807) is 24.0 Å². The third-order valence-electron chi connectivity index (χ3n) is 7.09. The fourth-order valence-corrected chi connectivity index (χ4v) is 5.46. The largest absolute Gasteiger partial charge is 0.493 e. The van der Waals surface area contributed by atoms with Crippen LogP contribution in [0.3, 0.4) is 0 Å². The van der Waals surface area contributed by atoms with E-state index >= 15 is 0 Å². The summed E-state index contributed by atoms with van der Waals surface area (Å²) in [7, 11) is 3.19. The minimum atomic E-state index is -0.568. The van der Waals surface area contributed by atoms with Gasteiger partial charge in [-0.3, -0.25) is 9.59 Å². The van der Waals surface area contributed by atoms with Crippen LogP contribution in [0.25, 0.3) is 10.9 Å². The van der Waals surface area contributed by atoms with Gasteiger partial charge in [-0.1, -0.05) is 24.3 Å². The van der Waals surface area contributed by atoms with E-state index in [2.05, 4.69) is 11.1 Å². The van der Waals surface area contributed by atoms with Crippen LogP contribution in [0.15, 0.2) is 42.5 Å². The fraction of sp³-hybridized carbons (Fsp3) is 0.429. The van der Waals surface area contributed by atoms with E-state index < -0.39 is 12.1 Å². The van der Waals surface area contributed by atoms with Crippen molar-refractivity contribution in [2.45, 2.75) is 44.9 Å². The standard InChI is InChI=1S/C28H33N3O5/c1-17(2)36-13-7-12-30-16-25(32)31-22(28(30)33)15-20-19-8-5-6-9-21(19)29-26(20)27(31)18-10-11-23(34-3)24(14-18)35-4/h5-6,8-11,14,17,22,27,29H,7,12-13,15-16H2,1-4H3/t22-,27-/m0/s1. The molecule has 190 valence electrons. The van der Waals surface area contributed by atoms with Gasteiger partial charge in [0.05, 0.1) is 32.9 Å². The van der Waals surface area contributed by atoms with Crippen LogP contribution < -0.4 is 9.47 Å². The Morgan fingerprint density at radius 2 is 1.83 bits per heavy atom. The Morgan fingerprint density at radius 3 is 2.58 bits per heavy atom. The lowest BCUT2D eigenvalue weighted by atomic mass is 9.86. The number of H-pyrrole nitrogens is 1. The predicted molar refractivity (Wildman–Crippen MR) is 136 cm³/mol. The van der Waals surface area contributed by atoms with Crippen molar-refractivity contribution in [1.29, 1.82) is 0 Å². The zero-order chi connectivity index (χ0) is 25.4. The molecule has 2 amide bonds. The van der Waals surface area contributed by atoms with Gasteiger partial charge in [0.15, 0.2) is 11.5 Å². The first kappa shape index (κ1) is 24.2. The molecule has 8 heteroatoms. The number of fused-ring (bicyclic) bond motifs is 4. The minimum Gasteiger partial charge on any atom is -0.493 e. The van der Waals surface area contributed by atoms with Crippen molar-refractivity contribution in [3.8, 4) is 11.5 Å².